The molecule has 0 amide bonds. The van der Waals surface area contributed by atoms with E-state index in [4.69, 9.17) is 5.73 Å². The largest absolute Gasteiger partial charge is 0.382 e. The van der Waals surface area contributed by atoms with Gasteiger partial charge in [-0.25, -0.2) is 0 Å². The van der Waals surface area contributed by atoms with E-state index in [0.29, 0.717) is 5.82 Å². The van der Waals surface area contributed by atoms with Crippen LogP contribution in [0, 0.1) is 0 Å². The van der Waals surface area contributed by atoms with Crippen LogP contribution in [0.3, 0.4) is 0 Å². The zero-order chi connectivity index (χ0) is 13.1. The molecule has 3 rings (SSSR count). The summed E-state index contributed by atoms with van der Waals surface area (Å²) in [5.74, 6) is 0.647. The summed E-state index contributed by atoms with van der Waals surface area (Å²) >= 11 is 0. The second-order valence-electron chi connectivity index (χ2n) is 5.38. The lowest BCUT2D eigenvalue weighted by Gasteiger charge is -2.26. The number of hydrogen-bond acceptors (Lipinski definition) is 3. The Kier molecular flexibility index (Phi) is 3.69. The molecule has 1 aromatic heterocycles. The van der Waals surface area contributed by atoms with Crippen LogP contribution >= 0.6 is 0 Å². The predicted molar refractivity (Wildman–Crippen MR) is 79.1 cm³/mol. The van der Waals surface area contributed by atoms with Crippen LogP contribution in [-0.4, -0.2) is 34.3 Å². The van der Waals surface area contributed by atoms with Gasteiger partial charge in [0.25, 0.3) is 0 Å². The number of piperidine rings is 1. The van der Waals surface area contributed by atoms with Crippen molar-refractivity contribution < 1.29 is 0 Å². The lowest BCUT2D eigenvalue weighted by atomic mass is 10.1. The fourth-order valence-electron chi connectivity index (χ4n) is 2.95. The Morgan fingerprint density at radius 1 is 1.05 bits per heavy atom. The summed E-state index contributed by atoms with van der Waals surface area (Å²) in [5, 5.41) is 5.52. The van der Waals surface area contributed by atoms with Crippen molar-refractivity contribution in [3.05, 3.63) is 24.3 Å². The van der Waals surface area contributed by atoms with Crippen molar-refractivity contribution in [2.75, 3.05) is 25.4 Å². The van der Waals surface area contributed by atoms with Gasteiger partial charge >= 0.3 is 0 Å². The van der Waals surface area contributed by atoms with Crippen molar-refractivity contribution in [3.8, 4) is 0 Å². The average Bonchev–Trinajstić information content (AvgIpc) is 2.78. The number of nitrogens with zero attached hydrogens (tertiary/aromatic N) is 3. The van der Waals surface area contributed by atoms with Gasteiger partial charge in [0.05, 0.1) is 5.52 Å². The number of fused-ring (bicyclic) bond motifs is 1. The monoisotopic (exact) mass is 258 g/mol. The first kappa shape index (κ1) is 12.5. The minimum absolute atomic E-state index is 0.647. The number of rotatable bonds is 4. The normalized spacial score (nSPS) is 17.1. The van der Waals surface area contributed by atoms with E-state index in [1.54, 1.807) is 0 Å². The zero-order valence-electron chi connectivity index (χ0n) is 11.4. The number of benzene rings is 1. The van der Waals surface area contributed by atoms with Crippen molar-refractivity contribution in [1.82, 2.24) is 14.7 Å². The molecule has 0 radical (unpaired) electrons. The van der Waals surface area contributed by atoms with Crippen LogP contribution in [0.2, 0.25) is 0 Å². The predicted octanol–water partition coefficient (Wildman–Crippen LogP) is 2.49. The number of anilines is 1. The highest BCUT2D eigenvalue weighted by atomic mass is 15.3. The van der Waals surface area contributed by atoms with Crippen LogP contribution in [-0.2, 0) is 6.54 Å². The maximum absolute atomic E-state index is 5.95. The summed E-state index contributed by atoms with van der Waals surface area (Å²) < 4.78 is 2.05. The second-order valence-corrected chi connectivity index (χ2v) is 5.38. The van der Waals surface area contributed by atoms with Crippen LogP contribution in [0.25, 0.3) is 10.9 Å². The fraction of sp³-hybridized carbons (Fsp3) is 0.533. The number of aryl methyl sites for hydroxylation is 1. The molecule has 0 spiro atoms. The smallest absolute Gasteiger partial charge is 0.153 e. The molecule has 0 saturated carbocycles. The lowest BCUT2D eigenvalue weighted by molar-refractivity contribution is 0.222. The molecule has 1 saturated heterocycles. The number of hydrogen-bond donors (Lipinski definition) is 1. The number of nitrogen functional groups attached to an aromatic ring is 1. The fourth-order valence-corrected chi connectivity index (χ4v) is 2.95. The molecule has 0 bridgehead atoms. The van der Waals surface area contributed by atoms with Gasteiger partial charge in [-0.1, -0.05) is 18.6 Å². The molecule has 102 valence electrons. The second kappa shape index (κ2) is 5.61. The summed E-state index contributed by atoms with van der Waals surface area (Å²) in [5.41, 5.74) is 7.10. The zero-order valence-corrected chi connectivity index (χ0v) is 11.4. The van der Waals surface area contributed by atoms with Crippen molar-refractivity contribution in [1.29, 1.82) is 0 Å². The van der Waals surface area contributed by atoms with E-state index in [2.05, 4.69) is 20.7 Å². The number of aromatic nitrogens is 2. The Bertz CT molecular complexity index is 540. The standard InChI is InChI=1S/C15H22N4/c16-15-13-7-2-3-8-14(13)19(17-15)12-6-11-18-9-4-1-5-10-18/h2-3,7-8H,1,4-6,9-12H2,(H2,16,17). The first-order chi connectivity index (χ1) is 9.34. The highest BCUT2D eigenvalue weighted by Gasteiger charge is 2.10. The molecule has 2 N–H and O–H groups in total. The topological polar surface area (TPSA) is 47.1 Å². The van der Waals surface area contributed by atoms with Crippen LogP contribution in [0.5, 0.6) is 0 Å². The molecule has 0 aliphatic carbocycles. The SMILES string of the molecule is Nc1nn(CCCN2CCCCC2)c2ccccc12. The molecule has 0 unspecified atom stereocenters. The van der Waals surface area contributed by atoms with Gasteiger partial charge in [0, 0.05) is 11.9 Å². The Morgan fingerprint density at radius 3 is 2.68 bits per heavy atom. The Labute approximate surface area is 114 Å². The van der Waals surface area contributed by atoms with Crippen LogP contribution in [0.4, 0.5) is 5.82 Å². The van der Waals surface area contributed by atoms with Gasteiger partial charge in [0.15, 0.2) is 5.82 Å². The van der Waals surface area contributed by atoms with Crippen molar-refractivity contribution in [2.24, 2.45) is 0 Å². The highest BCUT2D eigenvalue weighted by molar-refractivity contribution is 5.88. The molecule has 1 aliphatic rings. The molecule has 19 heavy (non-hydrogen) atoms. The van der Waals surface area contributed by atoms with Crippen molar-refractivity contribution >= 4 is 16.7 Å². The Morgan fingerprint density at radius 2 is 1.84 bits per heavy atom. The average molecular weight is 258 g/mol. The maximum Gasteiger partial charge on any atom is 0.153 e. The van der Waals surface area contributed by atoms with E-state index in [1.165, 1.54) is 38.9 Å². The van der Waals surface area contributed by atoms with Crippen molar-refractivity contribution in [3.63, 3.8) is 0 Å². The Balaban J connectivity index is 1.62. The summed E-state index contributed by atoms with van der Waals surface area (Å²) in [6, 6.07) is 8.20. The van der Waals surface area contributed by atoms with Gasteiger partial charge in [-0.2, -0.15) is 5.10 Å². The summed E-state index contributed by atoms with van der Waals surface area (Å²) in [7, 11) is 0. The maximum atomic E-state index is 5.95. The third kappa shape index (κ3) is 2.73. The molecule has 0 atom stereocenters. The van der Waals surface area contributed by atoms with Crippen LogP contribution in [0.1, 0.15) is 25.7 Å². The molecule has 1 aliphatic heterocycles. The molecular weight excluding hydrogens is 236 g/mol. The van der Waals surface area contributed by atoms with Gasteiger partial charge in [-0.05, 0) is 51.0 Å². The summed E-state index contributed by atoms with van der Waals surface area (Å²) in [6.45, 7) is 4.66. The van der Waals surface area contributed by atoms with E-state index in [1.807, 2.05) is 18.2 Å². The van der Waals surface area contributed by atoms with Crippen LogP contribution < -0.4 is 5.73 Å². The van der Waals surface area contributed by atoms with E-state index in [-0.39, 0.29) is 0 Å². The van der Waals surface area contributed by atoms with Crippen LogP contribution in [0.15, 0.2) is 24.3 Å². The summed E-state index contributed by atoms with van der Waals surface area (Å²) in [6.07, 6.45) is 5.26. The number of para-hydroxylation sites is 1. The van der Waals surface area contributed by atoms with E-state index < -0.39 is 0 Å². The van der Waals surface area contributed by atoms with E-state index in [9.17, 15) is 0 Å². The van der Waals surface area contributed by atoms with Gasteiger partial charge < -0.3 is 10.6 Å². The van der Waals surface area contributed by atoms with E-state index in [0.717, 1.165) is 23.9 Å². The van der Waals surface area contributed by atoms with Gasteiger partial charge in [-0.15, -0.1) is 0 Å². The molecule has 4 nitrogen and oxygen atoms in total. The summed E-state index contributed by atoms with van der Waals surface area (Å²) in [4.78, 5) is 2.57. The molecule has 4 heteroatoms. The highest BCUT2D eigenvalue weighted by Crippen LogP contribution is 2.20. The Hall–Kier alpha value is -1.55. The number of likely N-dealkylation sites (tertiary alicyclic amines) is 1. The lowest BCUT2D eigenvalue weighted by Crippen LogP contribution is -2.31. The third-order valence-electron chi connectivity index (χ3n) is 3.98. The van der Waals surface area contributed by atoms with E-state index >= 15 is 0 Å². The first-order valence-electron chi connectivity index (χ1n) is 7.28. The molecule has 1 aromatic carbocycles. The third-order valence-corrected chi connectivity index (χ3v) is 3.98. The van der Waals surface area contributed by atoms with Gasteiger partial charge in [0.2, 0.25) is 0 Å². The molecular formula is C15H22N4. The minimum Gasteiger partial charge on any atom is -0.382 e. The van der Waals surface area contributed by atoms with Crippen molar-refractivity contribution in [2.45, 2.75) is 32.2 Å². The quantitative estimate of drug-likeness (QED) is 0.916. The minimum atomic E-state index is 0.647. The number of nitrogens with two attached hydrogens (primary N) is 1. The van der Waals surface area contributed by atoms with Gasteiger partial charge in [0.1, 0.15) is 0 Å². The first-order valence-corrected chi connectivity index (χ1v) is 7.28. The molecule has 2 heterocycles. The van der Waals surface area contributed by atoms with Gasteiger partial charge in [-0.3, -0.25) is 4.68 Å². The molecule has 1 fully saturated rings. The molecule has 2 aromatic rings.